The van der Waals surface area contributed by atoms with Gasteiger partial charge < -0.3 is 5.73 Å². The maximum Gasteiger partial charge on any atom is 0.292 e. The molecule has 1 aromatic heterocycles. The molecule has 1 atom stereocenters. The highest BCUT2D eigenvalue weighted by molar-refractivity contribution is 7.89. The van der Waals surface area contributed by atoms with Gasteiger partial charge in [0.25, 0.3) is 5.69 Å². The second-order valence-corrected chi connectivity index (χ2v) is 5.91. The lowest BCUT2D eigenvalue weighted by atomic mass is 10.3. The molecule has 2 aromatic rings. The zero-order valence-electron chi connectivity index (χ0n) is 10.8. The number of nitrogens with two attached hydrogens (primary N) is 1. The zero-order valence-corrected chi connectivity index (χ0v) is 11.7. The van der Waals surface area contributed by atoms with Crippen molar-refractivity contribution in [1.29, 1.82) is 0 Å². The Hall–Kier alpha value is -2.53. The number of sulfonamides is 1. The summed E-state index contributed by atoms with van der Waals surface area (Å²) in [6, 6.07) is 2.55. The van der Waals surface area contributed by atoms with E-state index >= 15 is 0 Å². The summed E-state index contributed by atoms with van der Waals surface area (Å²) in [6.07, 6.45) is 1.25. The SMILES string of the molecule is CC(NS(=O)(=O)c1ccc([N+](=O)[O-])c(N)c1)c1ncn[nH]1. The van der Waals surface area contributed by atoms with E-state index in [0.29, 0.717) is 5.82 Å². The lowest BCUT2D eigenvalue weighted by Crippen LogP contribution is -2.27. The Morgan fingerprint density at radius 3 is 2.71 bits per heavy atom. The van der Waals surface area contributed by atoms with Crippen LogP contribution in [0.4, 0.5) is 11.4 Å². The Kier molecular flexibility index (Phi) is 3.86. The van der Waals surface area contributed by atoms with Crippen LogP contribution in [0.15, 0.2) is 29.4 Å². The summed E-state index contributed by atoms with van der Waals surface area (Å²) in [7, 11) is -3.89. The Morgan fingerprint density at radius 1 is 1.48 bits per heavy atom. The molecule has 1 heterocycles. The Morgan fingerprint density at radius 2 is 2.19 bits per heavy atom. The van der Waals surface area contributed by atoms with Crippen molar-refractivity contribution in [1.82, 2.24) is 19.9 Å². The largest absolute Gasteiger partial charge is 0.393 e. The predicted octanol–water partition coefficient (Wildman–Crippen LogP) is 0.335. The predicted molar refractivity (Wildman–Crippen MR) is 72.6 cm³/mol. The van der Waals surface area contributed by atoms with Gasteiger partial charge in [-0.15, -0.1) is 0 Å². The number of hydrogen-bond acceptors (Lipinski definition) is 7. The van der Waals surface area contributed by atoms with Gasteiger partial charge in [0.1, 0.15) is 17.8 Å². The van der Waals surface area contributed by atoms with Crippen molar-refractivity contribution in [2.24, 2.45) is 0 Å². The van der Waals surface area contributed by atoms with Crippen molar-refractivity contribution in [2.45, 2.75) is 17.9 Å². The molecule has 0 aliphatic rings. The first kappa shape index (κ1) is 14.9. The number of nitrogens with one attached hydrogen (secondary N) is 2. The van der Waals surface area contributed by atoms with Crippen molar-refractivity contribution in [3.8, 4) is 0 Å². The van der Waals surface area contributed by atoms with Crippen molar-refractivity contribution >= 4 is 21.4 Å². The van der Waals surface area contributed by atoms with Crippen LogP contribution in [0.25, 0.3) is 0 Å². The Balaban J connectivity index is 2.28. The molecule has 0 amide bonds. The van der Waals surface area contributed by atoms with E-state index in [1.165, 1.54) is 6.33 Å². The van der Waals surface area contributed by atoms with Crippen LogP contribution < -0.4 is 10.5 Å². The molecular formula is C10H12N6O4S. The van der Waals surface area contributed by atoms with Gasteiger partial charge in [-0.1, -0.05) is 0 Å². The van der Waals surface area contributed by atoms with Gasteiger partial charge in [0.05, 0.1) is 15.9 Å². The van der Waals surface area contributed by atoms with Crippen LogP contribution in [-0.2, 0) is 10.0 Å². The topological polar surface area (TPSA) is 157 Å². The fourth-order valence-electron chi connectivity index (χ4n) is 1.65. The zero-order chi connectivity index (χ0) is 15.6. The third kappa shape index (κ3) is 3.14. The average molecular weight is 312 g/mol. The first-order valence-electron chi connectivity index (χ1n) is 5.73. The quantitative estimate of drug-likeness (QED) is 0.408. The number of H-pyrrole nitrogens is 1. The van der Waals surface area contributed by atoms with Crippen LogP contribution in [0.5, 0.6) is 0 Å². The summed E-state index contributed by atoms with van der Waals surface area (Å²) < 4.78 is 26.7. The summed E-state index contributed by atoms with van der Waals surface area (Å²) in [5.74, 6) is 0.341. The second kappa shape index (κ2) is 5.46. The lowest BCUT2D eigenvalue weighted by Gasteiger charge is -2.12. The van der Waals surface area contributed by atoms with Gasteiger partial charge in [-0.25, -0.2) is 18.1 Å². The minimum atomic E-state index is -3.89. The van der Waals surface area contributed by atoms with E-state index in [2.05, 4.69) is 19.9 Å². The fraction of sp³-hybridized carbons (Fsp3) is 0.200. The smallest absolute Gasteiger partial charge is 0.292 e. The molecule has 4 N–H and O–H groups in total. The maximum absolute atomic E-state index is 12.2. The molecule has 0 fully saturated rings. The number of nitro benzene ring substituents is 1. The molecule has 0 radical (unpaired) electrons. The summed E-state index contributed by atoms with van der Waals surface area (Å²) in [5.41, 5.74) is 4.91. The highest BCUT2D eigenvalue weighted by Gasteiger charge is 2.22. The van der Waals surface area contributed by atoms with E-state index in [1.807, 2.05) is 0 Å². The third-order valence-corrected chi connectivity index (χ3v) is 4.22. The highest BCUT2D eigenvalue weighted by atomic mass is 32.2. The molecule has 0 bridgehead atoms. The average Bonchev–Trinajstić information content (AvgIpc) is 2.91. The van der Waals surface area contributed by atoms with Gasteiger partial charge >= 0.3 is 0 Å². The minimum absolute atomic E-state index is 0.169. The Bertz CT molecular complexity index is 758. The monoisotopic (exact) mass is 312 g/mol. The summed E-state index contributed by atoms with van der Waals surface area (Å²) in [4.78, 5) is 13.6. The van der Waals surface area contributed by atoms with Crippen molar-refractivity contribution in [3.05, 3.63) is 40.5 Å². The van der Waals surface area contributed by atoms with Gasteiger partial charge in [0, 0.05) is 6.07 Å². The molecule has 1 aromatic carbocycles. The number of benzene rings is 1. The number of aromatic nitrogens is 3. The van der Waals surface area contributed by atoms with Gasteiger partial charge in [-0.3, -0.25) is 15.2 Å². The van der Waals surface area contributed by atoms with Gasteiger partial charge in [0.2, 0.25) is 10.0 Å². The standard InChI is InChI=1S/C10H12N6O4S/c1-6(10-12-5-13-14-10)15-21(19,20)7-2-3-9(16(17)18)8(11)4-7/h2-6,15H,11H2,1H3,(H,12,13,14). The first-order valence-corrected chi connectivity index (χ1v) is 7.21. The molecule has 10 nitrogen and oxygen atoms in total. The molecule has 1 unspecified atom stereocenters. The van der Waals surface area contributed by atoms with Crippen LogP contribution in [0, 0.1) is 10.1 Å². The second-order valence-electron chi connectivity index (χ2n) is 4.19. The number of aromatic amines is 1. The summed E-state index contributed by atoms with van der Waals surface area (Å²) >= 11 is 0. The van der Waals surface area contributed by atoms with Gasteiger partial charge in [0.15, 0.2) is 0 Å². The number of rotatable bonds is 5. The molecule has 0 saturated heterocycles. The van der Waals surface area contributed by atoms with E-state index in [4.69, 9.17) is 5.73 Å². The summed E-state index contributed by atoms with van der Waals surface area (Å²) in [6.45, 7) is 1.58. The van der Waals surface area contributed by atoms with Crippen LogP contribution in [0.1, 0.15) is 18.8 Å². The first-order chi connectivity index (χ1) is 9.81. The molecule has 2 rings (SSSR count). The molecule has 0 saturated carbocycles. The number of anilines is 1. The molecular weight excluding hydrogens is 300 g/mol. The molecule has 0 spiro atoms. The lowest BCUT2D eigenvalue weighted by molar-refractivity contribution is -0.383. The normalized spacial score (nSPS) is 13.0. The number of nitro groups is 1. The van der Waals surface area contributed by atoms with E-state index < -0.39 is 21.0 Å². The number of hydrogen-bond donors (Lipinski definition) is 3. The van der Waals surface area contributed by atoms with Crippen LogP contribution in [0.3, 0.4) is 0 Å². The molecule has 0 aliphatic carbocycles. The van der Waals surface area contributed by atoms with Crippen molar-refractivity contribution in [2.75, 3.05) is 5.73 Å². The molecule has 112 valence electrons. The third-order valence-electron chi connectivity index (χ3n) is 2.68. The highest BCUT2D eigenvalue weighted by Crippen LogP contribution is 2.25. The van der Waals surface area contributed by atoms with E-state index in [-0.39, 0.29) is 16.3 Å². The minimum Gasteiger partial charge on any atom is -0.393 e. The molecule has 0 aliphatic heterocycles. The van der Waals surface area contributed by atoms with Gasteiger partial charge in [-0.2, -0.15) is 5.10 Å². The van der Waals surface area contributed by atoms with Crippen LogP contribution in [-0.4, -0.2) is 28.5 Å². The van der Waals surface area contributed by atoms with Crippen molar-refractivity contribution < 1.29 is 13.3 Å². The molecule has 11 heteroatoms. The number of nitrogens with zero attached hydrogens (tertiary/aromatic N) is 3. The Labute approximate surface area is 119 Å². The number of nitrogen functional groups attached to an aromatic ring is 1. The van der Waals surface area contributed by atoms with E-state index in [0.717, 1.165) is 18.2 Å². The van der Waals surface area contributed by atoms with E-state index in [9.17, 15) is 18.5 Å². The van der Waals surface area contributed by atoms with Crippen LogP contribution in [0.2, 0.25) is 0 Å². The maximum atomic E-state index is 12.2. The summed E-state index contributed by atoms with van der Waals surface area (Å²) in [5, 5.41) is 16.8. The van der Waals surface area contributed by atoms with Crippen LogP contribution >= 0.6 is 0 Å². The fourth-order valence-corrected chi connectivity index (χ4v) is 2.89. The molecule has 21 heavy (non-hydrogen) atoms. The van der Waals surface area contributed by atoms with Gasteiger partial charge in [-0.05, 0) is 19.1 Å². The van der Waals surface area contributed by atoms with Crippen molar-refractivity contribution in [3.63, 3.8) is 0 Å². The van der Waals surface area contributed by atoms with E-state index in [1.54, 1.807) is 6.92 Å².